The van der Waals surface area contributed by atoms with Crippen molar-refractivity contribution in [1.82, 2.24) is 25.1 Å². The molecule has 30 heavy (non-hydrogen) atoms. The summed E-state index contributed by atoms with van der Waals surface area (Å²) >= 11 is 0. The lowest BCUT2D eigenvalue weighted by molar-refractivity contribution is -0.138. The first-order valence-electron chi connectivity index (χ1n) is 10.2. The molecule has 1 aromatic carbocycles. The molecule has 8 heteroatoms. The molecule has 0 bridgehead atoms. The van der Waals surface area contributed by atoms with E-state index in [1.165, 1.54) is 11.1 Å². The van der Waals surface area contributed by atoms with Crippen LogP contribution in [-0.2, 0) is 17.9 Å². The van der Waals surface area contributed by atoms with Crippen LogP contribution in [0.15, 0.2) is 48.0 Å². The number of rotatable bonds is 7. The molecule has 0 unspecified atom stereocenters. The van der Waals surface area contributed by atoms with Crippen molar-refractivity contribution in [2.24, 2.45) is 10.4 Å². The summed E-state index contributed by atoms with van der Waals surface area (Å²) in [7, 11) is 5.44. The third kappa shape index (κ3) is 6.20. The molecule has 2 N–H and O–H groups in total. The van der Waals surface area contributed by atoms with Crippen LogP contribution in [0, 0.1) is 5.41 Å². The molecular weight excluding hydrogens is 491 g/mol. The van der Waals surface area contributed by atoms with Crippen molar-refractivity contribution in [2.45, 2.75) is 38.8 Å². The van der Waals surface area contributed by atoms with E-state index in [0.29, 0.717) is 13.1 Å². The first-order valence-corrected chi connectivity index (χ1v) is 10.2. The fourth-order valence-corrected chi connectivity index (χ4v) is 4.08. The predicted octanol–water partition coefficient (Wildman–Crippen LogP) is 2.86. The fourth-order valence-electron chi connectivity index (χ4n) is 4.08. The van der Waals surface area contributed by atoms with Crippen LogP contribution < -0.4 is 10.6 Å². The first kappa shape index (κ1) is 24.2. The van der Waals surface area contributed by atoms with Crippen LogP contribution >= 0.6 is 24.0 Å². The maximum atomic E-state index is 12.7. The van der Waals surface area contributed by atoms with Crippen molar-refractivity contribution in [3.05, 3.63) is 54.1 Å². The number of halogens is 1. The molecule has 0 atom stereocenters. The second-order valence-electron chi connectivity index (χ2n) is 8.02. The minimum atomic E-state index is -0.314. The second-order valence-corrected chi connectivity index (χ2v) is 8.02. The van der Waals surface area contributed by atoms with Crippen LogP contribution in [0.25, 0.3) is 0 Å². The molecule has 7 nitrogen and oxygen atoms in total. The van der Waals surface area contributed by atoms with Crippen molar-refractivity contribution in [2.75, 3.05) is 27.7 Å². The molecule has 1 saturated carbocycles. The number of guanidine groups is 1. The normalized spacial score (nSPS) is 15.4. The van der Waals surface area contributed by atoms with Gasteiger partial charge in [-0.2, -0.15) is 0 Å². The lowest BCUT2D eigenvalue weighted by atomic mass is 9.84. The van der Waals surface area contributed by atoms with E-state index >= 15 is 0 Å². The highest BCUT2D eigenvalue weighted by molar-refractivity contribution is 14.0. The number of hydrogen-bond acceptors (Lipinski definition) is 3. The largest absolute Gasteiger partial charge is 0.355 e. The van der Waals surface area contributed by atoms with Gasteiger partial charge in [-0.25, -0.2) is 4.98 Å². The summed E-state index contributed by atoms with van der Waals surface area (Å²) in [4.78, 5) is 22.9. The number of carbonyl (C=O) groups is 1. The van der Waals surface area contributed by atoms with Gasteiger partial charge in [0.25, 0.3) is 0 Å². The molecule has 0 saturated heterocycles. The van der Waals surface area contributed by atoms with Crippen LogP contribution in [0.1, 0.15) is 36.8 Å². The number of aliphatic imine (C=N–C) groups is 1. The van der Waals surface area contributed by atoms with Gasteiger partial charge in [0.15, 0.2) is 5.96 Å². The molecule has 1 aliphatic rings. The van der Waals surface area contributed by atoms with Gasteiger partial charge in [0.1, 0.15) is 0 Å². The van der Waals surface area contributed by atoms with E-state index in [9.17, 15) is 4.79 Å². The van der Waals surface area contributed by atoms with Gasteiger partial charge in [-0.1, -0.05) is 37.1 Å². The van der Waals surface area contributed by atoms with E-state index in [-0.39, 0.29) is 35.3 Å². The van der Waals surface area contributed by atoms with Crippen LogP contribution in [0.3, 0.4) is 0 Å². The van der Waals surface area contributed by atoms with Crippen molar-refractivity contribution < 1.29 is 4.79 Å². The molecule has 1 aromatic heterocycles. The lowest BCUT2D eigenvalue weighted by Crippen LogP contribution is -2.49. The molecule has 164 valence electrons. The summed E-state index contributed by atoms with van der Waals surface area (Å²) in [5, 5.41) is 6.76. The average Bonchev–Trinajstić information content (AvgIpc) is 3.40. The van der Waals surface area contributed by atoms with E-state index in [1.54, 1.807) is 18.1 Å². The van der Waals surface area contributed by atoms with Gasteiger partial charge in [0.2, 0.25) is 5.91 Å². The Balaban J connectivity index is 0.00000320. The molecule has 1 aliphatic carbocycles. The Kier molecular flexibility index (Phi) is 9.13. The highest BCUT2D eigenvalue weighted by Gasteiger charge is 2.42. The SMILES string of the molecule is CN=C(NCc1cccc(Cn2ccnc2)c1)NCC1(C(=O)N(C)C)CCCC1.I. The lowest BCUT2D eigenvalue weighted by Gasteiger charge is -2.31. The summed E-state index contributed by atoms with van der Waals surface area (Å²) in [5.74, 6) is 0.938. The van der Waals surface area contributed by atoms with Crippen LogP contribution in [0.4, 0.5) is 0 Å². The standard InChI is InChI=1S/C22H32N6O.HI/c1-23-21(26-16-22(9-4-5-10-22)20(29)27(2)3)25-14-18-7-6-8-19(13-18)15-28-12-11-24-17-28;/h6-8,11-13,17H,4-5,9-10,14-16H2,1-3H3,(H2,23,25,26);1H. The van der Waals surface area contributed by atoms with Crippen molar-refractivity contribution in [1.29, 1.82) is 0 Å². The van der Waals surface area contributed by atoms with Gasteiger partial charge in [-0.3, -0.25) is 9.79 Å². The number of benzene rings is 1. The van der Waals surface area contributed by atoms with Crippen LogP contribution in [0.2, 0.25) is 0 Å². The van der Waals surface area contributed by atoms with Gasteiger partial charge >= 0.3 is 0 Å². The van der Waals surface area contributed by atoms with E-state index < -0.39 is 0 Å². The van der Waals surface area contributed by atoms with Crippen LogP contribution in [0.5, 0.6) is 0 Å². The zero-order chi connectivity index (χ0) is 20.7. The molecule has 2 aromatic rings. The summed E-state index contributed by atoms with van der Waals surface area (Å²) in [5.41, 5.74) is 2.10. The Morgan fingerprint density at radius 1 is 1.23 bits per heavy atom. The van der Waals surface area contributed by atoms with E-state index in [0.717, 1.165) is 38.2 Å². The predicted molar refractivity (Wildman–Crippen MR) is 131 cm³/mol. The van der Waals surface area contributed by atoms with E-state index in [2.05, 4.69) is 49.4 Å². The van der Waals surface area contributed by atoms with Gasteiger partial charge in [-0.05, 0) is 24.0 Å². The zero-order valence-corrected chi connectivity index (χ0v) is 20.4. The molecule has 1 heterocycles. The summed E-state index contributed by atoms with van der Waals surface area (Å²) in [6.07, 6.45) is 9.66. The van der Waals surface area contributed by atoms with Gasteiger partial charge < -0.3 is 20.1 Å². The number of nitrogens with one attached hydrogen (secondary N) is 2. The number of nitrogens with zero attached hydrogens (tertiary/aromatic N) is 4. The number of amides is 1. The summed E-state index contributed by atoms with van der Waals surface area (Å²) in [6, 6.07) is 8.48. The molecule has 1 amide bonds. The van der Waals surface area contributed by atoms with Crippen molar-refractivity contribution in [3.63, 3.8) is 0 Å². The Hall–Kier alpha value is -2.10. The third-order valence-electron chi connectivity index (χ3n) is 5.61. The maximum Gasteiger partial charge on any atom is 0.230 e. The number of carbonyl (C=O) groups excluding carboxylic acids is 1. The van der Waals surface area contributed by atoms with Crippen molar-refractivity contribution in [3.8, 4) is 0 Å². The zero-order valence-electron chi connectivity index (χ0n) is 18.1. The van der Waals surface area contributed by atoms with E-state index in [4.69, 9.17) is 0 Å². The minimum Gasteiger partial charge on any atom is -0.355 e. The smallest absolute Gasteiger partial charge is 0.230 e. The van der Waals surface area contributed by atoms with Gasteiger partial charge in [0, 0.05) is 53.2 Å². The topological polar surface area (TPSA) is 74.5 Å². The quantitative estimate of drug-likeness (QED) is 0.332. The molecular formula is C22H33IN6O. The number of aromatic nitrogens is 2. The molecule has 3 rings (SSSR count). The number of imidazole rings is 1. The molecule has 0 spiro atoms. The highest BCUT2D eigenvalue weighted by atomic mass is 127. The van der Waals surface area contributed by atoms with Gasteiger partial charge in [0.05, 0.1) is 11.7 Å². The molecule has 1 fully saturated rings. The number of hydrogen-bond donors (Lipinski definition) is 2. The highest BCUT2D eigenvalue weighted by Crippen LogP contribution is 2.38. The van der Waals surface area contributed by atoms with Crippen LogP contribution in [-0.4, -0.2) is 54.0 Å². The summed E-state index contributed by atoms with van der Waals surface area (Å²) in [6.45, 7) is 2.09. The average molecular weight is 524 g/mol. The first-order chi connectivity index (χ1) is 14.0. The van der Waals surface area contributed by atoms with Crippen molar-refractivity contribution >= 4 is 35.8 Å². The molecule has 0 radical (unpaired) electrons. The van der Waals surface area contributed by atoms with Gasteiger partial charge in [-0.15, -0.1) is 24.0 Å². The monoisotopic (exact) mass is 524 g/mol. The minimum absolute atomic E-state index is 0. The maximum absolute atomic E-state index is 12.7. The Bertz CT molecular complexity index is 828. The second kappa shape index (κ2) is 11.3. The third-order valence-corrected chi connectivity index (χ3v) is 5.61. The fraction of sp³-hybridized carbons (Fsp3) is 0.500. The summed E-state index contributed by atoms with van der Waals surface area (Å²) < 4.78 is 2.05. The Morgan fingerprint density at radius 2 is 1.97 bits per heavy atom. The van der Waals surface area contributed by atoms with E-state index in [1.807, 2.05) is 26.6 Å². The Morgan fingerprint density at radius 3 is 2.60 bits per heavy atom. The molecule has 0 aliphatic heterocycles. The Labute approximate surface area is 196 Å².